The number of hydrogen-bond acceptors (Lipinski definition) is 2. The van der Waals surface area contributed by atoms with Crippen LogP contribution in [0.15, 0.2) is 24.3 Å². The second-order valence-corrected chi connectivity index (χ2v) is 6.10. The monoisotopic (exact) mass is 330 g/mol. The third-order valence-corrected chi connectivity index (χ3v) is 4.51. The van der Waals surface area contributed by atoms with E-state index in [2.05, 4.69) is 6.92 Å². The van der Waals surface area contributed by atoms with E-state index in [0.29, 0.717) is 25.3 Å². The number of likely N-dealkylation sites (tertiary alicyclic amines) is 1. The van der Waals surface area contributed by atoms with Crippen molar-refractivity contribution in [2.24, 2.45) is 11.7 Å². The van der Waals surface area contributed by atoms with E-state index < -0.39 is 0 Å². The van der Waals surface area contributed by atoms with Gasteiger partial charge >= 0.3 is 0 Å². The smallest absolute Gasteiger partial charge is 0.223 e. The van der Waals surface area contributed by atoms with E-state index in [1.165, 1.54) is 0 Å². The van der Waals surface area contributed by atoms with Gasteiger partial charge in [-0.15, -0.1) is 12.4 Å². The number of piperidine rings is 1. The molecule has 1 amide bonds. The third kappa shape index (κ3) is 4.87. The Morgan fingerprint density at radius 1 is 1.43 bits per heavy atom. The molecule has 0 radical (unpaired) electrons. The predicted octanol–water partition coefficient (Wildman–Crippen LogP) is 3.28. The van der Waals surface area contributed by atoms with Crippen molar-refractivity contribution in [3.05, 3.63) is 34.9 Å². The van der Waals surface area contributed by atoms with Crippen LogP contribution in [0.5, 0.6) is 0 Å². The van der Waals surface area contributed by atoms with Crippen molar-refractivity contribution in [1.29, 1.82) is 0 Å². The van der Waals surface area contributed by atoms with E-state index in [9.17, 15) is 4.79 Å². The van der Waals surface area contributed by atoms with Gasteiger partial charge in [-0.3, -0.25) is 4.79 Å². The van der Waals surface area contributed by atoms with E-state index in [1.807, 2.05) is 29.2 Å². The summed E-state index contributed by atoms with van der Waals surface area (Å²) in [6.45, 7) is 3.63. The molecule has 2 rings (SSSR count). The van der Waals surface area contributed by atoms with E-state index in [0.717, 1.165) is 30.0 Å². The fourth-order valence-electron chi connectivity index (χ4n) is 2.89. The summed E-state index contributed by atoms with van der Waals surface area (Å²) < 4.78 is 0. The molecule has 1 saturated heterocycles. The highest BCUT2D eigenvalue weighted by Gasteiger charge is 2.28. The average molecular weight is 331 g/mol. The molecule has 0 aromatic heterocycles. The largest absolute Gasteiger partial charge is 0.338 e. The number of benzene rings is 1. The van der Waals surface area contributed by atoms with Gasteiger partial charge < -0.3 is 10.6 Å². The summed E-state index contributed by atoms with van der Waals surface area (Å²) in [7, 11) is 0. The maximum Gasteiger partial charge on any atom is 0.223 e. The number of halogens is 2. The van der Waals surface area contributed by atoms with Crippen molar-refractivity contribution >= 4 is 29.9 Å². The maximum absolute atomic E-state index is 12.4. The molecule has 118 valence electrons. The molecule has 1 aromatic carbocycles. The molecule has 2 atom stereocenters. The highest BCUT2D eigenvalue weighted by atomic mass is 35.5. The van der Waals surface area contributed by atoms with Gasteiger partial charge in [0.05, 0.1) is 0 Å². The van der Waals surface area contributed by atoms with Gasteiger partial charge in [-0.2, -0.15) is 0 Å². The summed E-state index contributed by atoms with van der Waals surface area (Å²) in [5, 5.41) is 0.739. The van der Waals surface area contributed by atoms with Crippen LogP contribution < -0.4 is 5.73 Å². The molecule has 1 heterocycles. The van der Waals surface area contributed by atoms with Crippen LogP contribution in [0.4, 0.5) is 0 Å². The SMILES string of the molecule is CC1CCN(C(=O)CCc2ccccc2Cl)C(CN)C1.Cl. The number of carbonyl (C=O) groups excluding carboxylic acids is 1. The molecule has 3 nitrogen and oxygen atoms in total. The van der Waals surface area contributed by atoms with Gasteiger partial charge in [0.2, 0.25) is 5.91 Å². The minimum atomic E-state index is 0. The van der Waals surface area contributed by atoms with Gasteiger partial charge in [-0.05, 0) is 36.8 Å². The summed E-state index contributed by atoms with van der Waals surface area (Å²) >= 11 is 6.12. The first-order chi connectivity index (χ1) is 9.61. The summed E-state index contributed by atoms with van der Waals surface area (Å²) in [5.41, 5.74) is 6.85. The first-order valence-corrected chi connectivity index (χ1v) is 7.72. The average Bonchev–Trinajstić information content (AvgIpc) is 2.46. The zero-order chi connectivity index (χ0) is 14.5. The molecule has 21 heavy (non-hydrogen) atoms. The predicted molar refractivity (Wildman–Crippen MR) is 90.0 cm³/mol. The quantitative estimate of drug-likeness (QED) is 0.920. The fourth-order valence-corrected chi connectivity index (χ4v) is 3.12. The Kier molecular flexibility index (Phi) is 7.50. The Labute approximate surface area is 138 Å². The van der Waals surface area contributed by atoms with E-state index >= 15 is 0 Å². The molecule has 1 aromatic rings. The number of amides is 1. The van der Waals surface area contributed by atoms with Crippen LogP contribution in [0, 0.1) is 5.92 Å². The van der Waals surface area contributed by atoms with Gasteiger partial charge in [0.15, 0.2) is 0 Å². The number of rotatable bonds is 4. The molecule has 1 aliphatic heterocycles. The maximum atomic E-state index is 12.4. The first kappa shape index (κ1) is 18.3. The van der Waals surface area contributed by atoms with Gasteiger partial charge in [-0.25, -0.2) is 0 Å². The van der Waals surface area contributed by atoms with Crippen LogP contribution >= 0.6 is 24.0 Å². The highest BCUT2D eigenvalue weighted by molar-refractivity contribution is 6.31. The van der Waals surface area contributed by atoms with E-state index in [4.69, 9.17) is 17.3 Å². The summed E-state index contributed by atoms with van der Waals surface area (Å²) in [6, 6.07) is 7.92. The number of carbonyl (C=O) groups is 1. The van der Waals surface area contributed by atoms with Crippen LogP contribution in [0.2, 0.25) is 5.02 Å². The van der Waals surface area contributed by atoms with Crippen molar-refractivity contribution in [3.8, 4) is 0 Å². The Balaban J connectivity index is 0.00000220. The van der Waals surface area contributed by atoms with Crippen molar-refractivity contribution in [2.75, 3.05) is 13.1 Å². The van der Waals surface area contributed by atoms with Crippen molar-refractivity contribution in [1.82, 2.24) is 4.90 Å². The van der Waals surface area contributed by atoms with Crippen LogP contribution in [0.1, 0.15) is 31.7 Å². The van der Waals surface area contributed by atoms with Gasteiger partial charge in [0, 0.05) is 30.6 Å². The van der Waals surface area contributed by atoms with Crippen molar-refractivity contribution in [2.45, 2.75) is 38.6 Å². The lowest BCUT2D eigenvalue weighted by Crippen LogP contribution is -2.49. The number of nitrogens with zero attached hydrogens (tertiary/aromatic N) is 1. The molecule has 1 aliphatic rings. The summed E-state index contributed by atoms with van der Waals surface area (Å²) in [6.07, 6.45) is 3.30. The van der Waals surface area contributed by atoms with E-state index in [1.54, 1.807) is 0 Å². The number of aryl methyl sites for hydroxylation is 1. The van der Waals surface area contributed by atoms with Gasteiger partial charge in [-0.1, -0.05) is 36.7 Å². The number of nitrogens with two attached hydrogens (primary N) is 1. The zero-order valence-electron chi connectivity index (χ0n) is 12.4. The molecular formula is C16H24Cl2N2O. The molecule has 1 fully saturated rings. The Morgan fingerprint density at radius 2 is 2.14 bits per heavy atom. The third-order valence-electron chi connectivity index (χ3n) is 4.14. The zero-order valence-corrected chi connectivity index (χ0v) is 14.0. The van der Waals surface area contributed by atoms with Crippen LogP contribution in [-0.4, -0.2) is 29.9 Å². The molecule has 0 spiro atoms. The Hall–Kier alpha value is -0.770. The van der Waals surface area contributed by atoms with Crippen molar-refractivity contribution < 1.29 is 4.79 Å². The molecular weight excluding hydrogens is 307 g/mol. The van der Waals surface area contributed by atoms with Crippen LogP contribution in [0.3, 0.4) is 0 Å². The lowest BCUT2D eigenvalue weighted by Gasteiger charge is -2.38. The summed E-state index contributed by atoms with van der Waals surface area (Å²) in [5.74, 6) is 0.864. The lowest BCUT2D eigenvalue weighted by molar-refractivity contribution is -0.135. The Bertz CT molecular complexity index is 467. The second kappa shape index (κ2) is 8.62. The van der Waals surface area contributed by atoms with Gasteiger partial charge in [0.25, 0.3) is 0 Å². The molecule has 2 N–H and O–H groups in total. The molecule has 0 aliphatic carbocycles. The standard InChI is InChI=1S/C16H23ClN2O.ClH/c1-12-8-9-19(14(10-12)11-18)16(20)7-6-13-4-2-3-5-15(13)17;/h2-5,12,14H,6-11,18H2,1H3;1H. The lowest BCUT2D eigenvalue weighted by atomic mass is 9.92. The molecule has 5 heteroatoms. The topological polar surface area (TPSA) is 46.3 Å². The van der Waals surface area contributed by atoms with Crippen LogP contribution in [-0.2, 0) is 11.2 Å². The molecule has 0 bridgehead atoms. The minimum absolute atomic E-state index is 0. The first-order valence-electron chi connectivity index (χ1n) is 7.34. The molecule has 0 saturated carbocycles. The van der Waals surface area contributed by atoms with Gasteiger partial charge in [0.1, 0.15) is 0 Å². The van der Waals surface area contributed by atoms with E-state index in [-0.39, 0.29) is 24.4 Å². The fraction of sp³-hybridized carbons (Fsp3) is 0.562. The highest BCUT2D eigenvalue weighted by Crippen LogP contribution is 2.23. The number of hydrogen-bond donors (Lipinski definition) is 1. The normalized spacial score (nSPS) is 21.8. The summed E-state index contributed by atoms with van der Waals surface area (Å²) in [4.78, 5) is 14.4. The Morgan fingerprint density at radius 3 is 2.81 bits per heavy atom. The second-order valence-electron chi connectivity index (χ2n) is 5.70. The van der Waals surface area contributed by atoms with Crippen molar-refractivity contribution in [3.63, 3.8) is 0 Å². The molecule has 2 unspecified atom stereocenters. The van der Waals surface area contributed by atoms with Crippen LogP contribution in [0.25, 0.3) is 0 Å². The minimum Gasteiger partial charge on any atom is -0.338 e.